The van der Waals surface area contributed by atoms with Crippen molar-refractivity contribution in [2.24, 2.45) is 0 Å². The van der Waals surface area contributed by atoms with Gasteiger partial charge in [-0.05, 0) is 19.4 Å². The Balaban J connectivity index is 1.85. The van der Waals surface area contributed by atoms with E-state index in [0.717, 1.165) is 6.42 Å². The molecule has 1 atom stereocenters. The second kappa shape index (κ2) is 6.10. The van der Waals surface area contributed by atoms with Crippen LogP contribution in [0.1, 0.15) is 39.9 Å². The maximum atomic E-state index is 12.7. The zero-order valence-corrected chi connectivity index (χ0v) is 12.6. The Morgan fingerprint density at radius 1 is 1.45 bits per heavy atom. The van der Waals surface area contributed by atoms with Gasteiger partial charge in [0.2, 0.25) is 0 Å². The lowest BCUT2D eigenvalue weighted by Gasteiger charge is -2.21. The molecule has 1 aromatic rings. The fourth-order valence-electron chi connectivity index (χ4n) is 3.13. The third-order valence-corrected chi connectivity index (χ3v) is 4.19. The summed E-state index contributed by atoms with van der Waals surface area (Å²) in [6.07, 6.45) is 0.897. The monoisotopic (exact) mass is 308 g/mol. The number of likely N-dealkylation sites (tertiary alicyclic amines) is 1. The fraction of sp³-hybridized carbons (Fsp3) is 0.600. The Bertz CT molecular complexity index is 595. The zero-order valence-electron chi connectivity index (χ0n) is 12.6. The number of carbonyl (C=O) groups excluding carboxylic acids is 1. The van der Waals surface area contributed by atoms with E-state index in [0.29, 0.717) is 44.2 Å². The molecule has 0 aromatic carbocycles. The van der Waals surface area contributed by atoms with Gasteiger partial charge in [0.05, 0.1) is 30.6 Å². The van der Waals surface area contributed by atoms with Crippen molar-refractivity contribution < 1.29 is 24.2 Å². The van der Waals surface area contributed by atoms with Crippen molar-refractivity contribution in [2.45, 2.75) is 32.6 Å². The lowest BCUT2D eigenvalue weighted by molar-refractivity contribution is 0.0575. The number of nitrogens with zero attached hydrogens (tertiary/aromatic N) is 2. The summed E-state index contributed by atoms with van der Waals surface area (Å²) in [5.74, 6) is -1.15. The summed E-state index contributed by atoms with van der Waals surface area (Å²) in [5, 5.41) is 9.30. The van der Waals surface area contributed by atoms with Crippen LogP contribution >= 0.6 is 0 Å². The van der Waals surface area contributed by atoms with E-state index in [2.05, 4.69) is 0 Å². The summed E-state index contributed by atoms with van der Waals surface area (Å²) in [7, 11) is 0. The minimum Gasteiger partial charge on any atom is -0.478 e. The van der Waals surface area contributed by atoms with Crippen LogP contribution in [0.5, 0.6) is 0 Å². The molecule has 1 saturated heterocycles. The number of amides is 1. The molecule has 0 bridgehead atoms. The number of ether oxygens (including phenoxy) is 2. The van der Waals surface area contributed by atoms with Gasteiger partial charge in [-0.1, -0.05) is 0 Å². The van der Waals surface area contributed by atoms with E-state index in [-0.39, 0.29) is 24.2 Å². The Hall–Kier alpha value is -1.86. The first-order chi connectivity index (χ1) is 10.6. The van der Waals surface area contributed by atoms with Crippen LogP contribution in [-0.2, 0) is 22.6 Å². The van der Waals surface area contributed by atoms with E-state index in [1.54, 1.807) is 9.47 Å². The summed E-state index contributed by atoms with van der Waals surface area (Å²) in [4.78, 5) is 25.8. The Kier molecular flexibility index (Phi) is 4.17. The number of fused-ring (bicyclic) bond motifs is 1. The van der Waals surface area contributed by atoms with Gasteiger partial charge >= 0.3 is 5.97 Å². The molecule has 0 radical (unpaired) electrons. The van der Waals surface area contributed by atoms with Crippen molar-refractivity contribution in [2.75, 3.05) is 26.3 Å². The zero-order chi connectivity index (χ0) is 15.7. The second-order valence-electron chi connectivity index (χ2n) is 5.52. The molecule has 1 amide bonds. The SMILES string of the molecule is CCO[C@H]1CCN(C(=O)c2cc(C(=O)O)c3n2CCOC3)C1. The summed E-state index contributed by atoms with van der Waals surface area (Å²) < 4.78 is 12.7. The first kappa shape index (κ1) is 15.1. The molecular formula is C15H20N2O5. The van der Waals surface area contributed by atoms with Gasteiger partial charge in [-0.3, -0.25) is 4.79 Å². The number of carboxylic acid groups (broad SMARTS) is 1. The summed E-state index contributed by atoms with van der Waals surface area (Å²) in [6, 6.07) is 1.47. The number of aromatic carboxylic acids is 1. The van der Waals surface area contributed by atoms with E-state index in [1.807, 2.05) is 6.92 Å². The molecule has 0 unspecified atom stereocenters. The number of hydrogen-bond donors (Lipinski definition) is 1. The van der Waals surface area contributed by atoms with E-state index >= 15 is 0 Å². The molecule has 7 heteroatoms. The molecule has 3 rings (SSSR count). The highest BCUT2D eigenvalue weighted by atomic mass is 16.5. The van der Waals surface area contributed by atoms with Crippen molar-refractivity contribution in [3.8, 4) is 0 Å². The standard InChI is InChI=1S/C15H20N2O5/c1-2-22-10-3-4-16(8-10)14(18)12-7-11(15(19)20)13-9-21-6-5-17(12)13/h7,10H,2-6,8-9H2,1H3,(H,19,20)/t10-/m0/s1. The van der Waals surface area contributed by atoms with Crippen LogP contribution < -0.4 is 0 Å². The third kappa shape index (κ3) is 2.62. The fourth-order valence-corrected chi connectivity index (χ4v) is 3.13. The molecule has 0 saturated carbocycles. The largest absolute Gasteiger partial charge is 0.478 e. The lowest BCUT2D eigenvalue weighted by atomic mass is 10.2. The molecule has 2 aliphatic rings. The Morgan fingerprint density at radius 3 is 3.00 bits per heavy atom. The molecule has 1 aromatic heterocycles. The van der Waals surface area contributed by atoms with Gasteiger partial charge in [-0.25, -0.2) is 4.79 Å². The van der Waals surface area contributed by atoms with Crippen molar-refractivity contribution in [3.63, 3.8) is 0 Å². The van der Waals surface area contributed by atoms with Crippen LogP contribution in [0.2, 0.25) is 0 Å². The molecule has 1 fully saturated rings. The number of rotatable bonds is 4. The van der Waals surface area contributed by atoms with E-state index in [4.69, 9.17) is 9.47 Å². The van der Waals surface area contributed by atoms with E-state index in [1.165, 1.54) is 6.07 Å². The molecule has 22 heavy (non-hydrogen) atoms. The van der Waals surface area contributed by atoms with Crippen LogP contribution in [0, 0.1) is 0 Å². The quantitative estimate of drug-likeness (QED) is 0.896. The van der Waals surface area contributed by atoms with Crippen LogP contribution in [0.15, 0.2) is 6.07 Å². The Morgan fingerprint density at radius 2 is 2.27 bits per heavy atom. The van der Waals surface area contributed by atoms with Crippen molar-refractivity contribution in [3.05, 3.63) is 23.0 Å². The van der Waals surface area contributed by atoms with Gasteiger partial charge in [0.25, 0.3) is 5.91 Å². The highest BCUT2D eigenvalue weighted by Gasteiger charge is 2.32. The van der Waals surface area contributed by atoms with Crippen LogP contribution in [0.3, 0.4) is 0 Å². The predicted molar refractivity (Wildman–Crippen MR) is 77.0 cm³/mol. The van der Waals surface area contributed by atoms with Gasteiger partial charge in [0, 0.05) is 26.2 Å². The lowest BCUT2D eigenvalue weighted by Crippen LogP contribution is -2.33. The Labute approximate surface area is 128 Å². The van der Waals surface area contributed by atoms with Gasteiger partial charge in [0.15, 0.2) is 0 Å². The molecule has 120 valence electrons. The van der Waals surface area contributed by atoms with Gasteiger partial charge in [-0.2, -0.15) is 0 Å². The van der Waals surface area contributed by atoms with Crippen molar-refractivity contribution in [1.82, 2.24) is 9.47 Å². The maximum absolute atomic E-state index is 12.7. The predicted octanol–water partition coefficient (Wildman–Crippen LogP) is 0.967. The van der Waals surface area contributed by atoms with Crippen LogP contribution in [0.25, 0.3) is 0 Å². The van der Waals surface area contributed by atoms with Gasteiger partial charge in [0.1, 0.15) is 5.69 Å². The van der Waals surface area contributed by atoms with Crippen molar-refractivity contribution in [1.29, 1.82) is 0 Å². The first-order valence-electron chi connectivity index (χ1n) is 7.56. The molecule has 7 nitrogen and oxygen atoms in total. The number of carbonyl (C=O) groups is 2. The number of carboxylic acids is 1. The molecular weight excluding hydrogens is 288 g/mol. The minimum atomic E-state index is -1.03. The maximum Gasteiger partial charge on any atom is 0.337 e. The second-order valence-corrected chi connectivity index (χ2v) is 5.52. The minimum absolute atomic E-state index is 0.0759. The molecule has 0 aliphatic carbocycles. The summed E-state index contributed by atoms with van der Waals surface area (Å²) in [5.41, 5.74) is 1.17. The molecule has 3 heterocycles. The third-order valence-electron chi connectivity index (χ3n) is 4.19. The van der Waals surface area contributed by atoms with Gasteiger partial charge < -0.3 is 24.0 Å². The number of aromatic nitrogens is 1. The summed E-state index contributed by atoms with van der Waals surface area (Å²) >= 11 is 0. The van der Waals surface area contributed by atoms with E-state index < -0.39 is 5.97 Å². The average molecular weight is 308 g/mol. The molecule has 2 aliphatic heterocycles. The highest BCUT2D eigenvalue weighted by molar-refractivity contribution is 5.98. The average Bonchev–Trinajstić information content (AvgIpc) is 3.11. The topological polar surface area (TPSA) is 81.0 Å². The van der Waals surface area contributed by atoms with Crippen LogP contribution in [0.4, 0.5) is 0 Å². The number of hydrogen-bond acceptors (Lipinski definition) is 4. The summed E-state index contributed by atoms with van der Waals surface area (Å²) in [6.45, 7) is 5.00. The molecule has 0 spiro atoms. The van der Waals surface area contributed by atoms with Crippen LogP contribution in [-0.4, -0.2) is 58.9 Å². The smallest absolute Gasteiger partial charge is 0.337 e. The normalized spacial score (nSPS) is 21.0. The van der Waals surface area contributed by atoms with Crippen molar-refractivity contribution >= 4 is 11.9 Å². The molecule has 1 N–H and O–H groups in total. The highest BCUT2D eigenvalue weighted by Crippen LogP contribution is 2.24. The first-order valence-corrected chi connectivity index (χ1v) is 7.56. The van der Waals surface area contributed by atoms with Gasteiger partial charge in [-0.15, -0.1) is 0 Å². The van der Waals surface area contributed by atoms with E-state index in [9.17, 15) is 14.7 Å².